The molecule has 210 valence electrons. The molecule has 40 heavy (non-hydrogen) atoms. The van der Waals surface area contributed by atoms with E-state index < -0.39 is 0 Å². The van der Waals surface area contributed by atoms with Crippen molar-refractivity contribution in [3.05, 3.63) is 88.6 Å². The second-order valence-electron chi connectivity index (χ2n) is 11.0. The summed E-state index contributed by atoms with van der Waals surface area (Å²) in [6, 6.07) is 17.5. The van der Waals surface area contributed by atoms with Gasteiger partial charge in [0.15, 0.2) is 5.78 Å². The van der Waals surface area contributed by atoms with Gasteiger partial charge in [-0.15, -0.1) is 0 Å². The van der Waals surface area contributed by atoms with Gasteiger partial charge in [-0.2, -0.15) is 0 Å². The van der Waals surface area contributed by atoms with Crippen LogP contribution in [0.25, 0.3) is 5.57 Å². The molecule has 1 aromatic heterocycles. The van der Waals surface area contributed by atoms with Gasteiger partial charge in [-0.1, -0.05) is 51.1 Å². The highest BCUT2D eigenvalue weighted by atomic mass is 16.5. The average Bonchev–Trinajstić information content (AvgIpc) is 3.29. The average molecular weight is 543 g/mol. The van der Waals surface area contributed by atoms with E-state index in [9.17, 15) is 9.59 Å². The number of amides is 1. The molecule has 1 aliphatic rings. The highest BCUT2D eigenvalue weighted by molar-refractivity contribution is 5.96. The van der Waals surface area contributed by atoms with Gasteiger partial charge in [0.2, 0.25) is 11.8 Å². The minimum Gasteiger partial charge on any atom is -0.497 e. The molecule has 3 aromatic rings. The Morgan fingerprint density at radius 2 is 1.73 bits per heavy atom. The number of ketones is 1. The van der Waals surface area contributed by atoms with E-state index in [4.69, 9.17) is 19.2 Å². The molecule has 1 aliphatic heterocycles. The summed E-state index contributed by atoms with van der Waals surface area (Å²) in [5.41, 5.74) is 5.08. The standard InChI is InChI=1S/C33H38N2O5/c1-21(36)27-15-16-29(34-32(27)40-7)28(22-8-11-24(12-9-22)33(2,3)4)18-25-13-17-31(37)35(25)20-23-10-14-26(38-5)19-30(23)39-6/h8-12,14-16,18-19,25H,13,17,20H2,1-7H3/t25-/m1/s1. The van der Waals surface area contributed by atoms with Crippen molar-refractivity contribution in [2.75, 3.05) is 21.3 Å². The molecule has 1 atom stereocenters. The number of aromatic nitrogens is 1. The van der Waals surface area contributed by atoms with E-state index in [2.05, 4.69) is 51.1 Å². The van der Waals surface area contributed by atoms with Gasteiger partial charge in [-0.3, -0.25) is 9.59 Å². The Morgan fingerprint density at radius 1 is 1.00 bits per heavy atom. The fourth-order valence-corrected chi connectivity index (χ4v) is 4.99. The molecule has 0 saturated carbocycles. The number of likely N-dealkylation sites (tertiary alicyclic amines) is 1. The number of nitrogens with zero attached hydrogens (tertiary/aromatic N) is 2. The number of methoxy groups -OCH3 is 3. The molecule has 0 spiro atoms. The molecule has 0 aliphatic carbocycles. The number of ether oxygens (including phenoxy) is 3. The zero-order chi connectivity index (χ0) is 29.0. The lowest BCUT2D eigenvalue weighted by atomic mass is 9.86. The fourth-order valence-electron chi connectivity index (χ4n) is 4.99. The molecule has 0 bridgehead atoms. The Balaban J connectivity index is 1.79. The molecule has 0 N–H and O–H groups in total. The third-order valence-electron chi connectivity index (χ3n) is 7.34. The van der Waals surface area contributed by atoms with Crippen molar-refractivity contribution >= 4 is 17.3 Å². The largest absolute Gasteiger partial charge is 0.497 e. The van der Waals surface area contributed by atoms with Crippen LogP contribution in [-0.4, -0.2) is 48.9 Å². The highest BCUT2D eigenvalue weighted by Gasteiger charge is 2.31. The van der Waals surface area contributed by atoms with Gasteiger partial charge in [0, 0.05) is 30.2 Å². The van der Waals surface area contributed by atoms with Gasteiger partial charge in [0.25, 0.3) is 0 Å². The zero-order valence-corrected chi connectivity index (χ0v) is 24.4. The number of carbonyl (C=O) groups excluding carboxylic acids is 2. The normalized spacial score (nSPS) is 15.8. The first-order chi connectivity index (χ1) is 19.0. The maximum Gasteiger partial charge on any atom is 0.224 e. The third kappa shape index (κ3) is 6.19. The second-order valence-corrected chi connectivity index (χ2v) is 11.0. The number of benzene rings is 2. The van der Waals surface area contributed by atoms with Gasteiger partial charge >= 0.3 is 0 Å². The highest BCUT2D eigenvalue weighted by Crippen LogP contribution is 2.34. The summed E-state index contributed by atoms with van der Waals surface area (Å²) in [4.78, 5) is 31.8. The fraction of sp³-hybridized carbons (Fsp3) is 0.364. The van der Waals surface area contributed by atoms with Crippen LogP contribution in [0.2, 0.25) is 0 Å². The van der Waals surface area contributed by atoms with Crippen LogP contribution in [0.5, 0.6) is 17.4 Å². The van der Waals surface area contributed by atoms with Gasteiger partial charge in [0.05, 0.1) is 38.6 Å². The molecular weight excluding hydrogens is 504 g/mol. The predicted molar refractivity (Wildman–Crippen MR) is 156 cm³/mol. The Morgan fingerprint density at radius 3 is 2.33 bits per heavy atom. The quantitative estimate of drug-likeness (QED) is 0.298. The summed E-state index contributed by atoms with van der Waals surface area (Å²) >= 11 is 0. The molecule has 7 nitrogen and oxygen atoms in total. The first-order valence-electron chi connectivity index (χ1n) is 13.4. The first kappa shape index (κ1) is 28.9. The smallest absolute Gasteiger partial charge is 0.224 e. The molecule has 7 heteroatoms. The SMILES string of the molecule is COc1ccc(CN2C(=O)CC[C@@H]2C=C(c2ccc(C(C)(C)C)cc2)c2ccc(C(C)=O)c(OC)n2)c(OC)c1. The van der Waals surface area contributed by atoms with Crippen molar-refractivity contribution in [2.45, 2.75) is 58.5 Å². The lowest BCUT2D eigenvalue weighted by Gasteiger charge is -2.25. The molecule has 2 heterocycles. The van der Waals surface area contributed by atoms with Crippen LogP contribution in [0.1, 0.15) is 73.3 Å². The molecule has 2 aromatic carbocycles. The number of Topliss-reactive ketones (excluding diaryl/α,β-unsaturated/α-hetero) is 1. The summed E-state index contributed by atoms with van der Waals surface area (Å²) in [5.74, 6) is 1.62. The molecule has 1 fully saturated rings. The van der Waals surface area contributed by atoms with Crippen LogP contribution in [0.4, 0.5) is 0 Å². The van der Waals surface area contributed by atoms with Crippen molar-refractivity contribution < 1.29 is 23.8 Å². The van der Waals surface area contributed by atoms with Crippen LogP contribution in [0.15, 0.2) is 60.7 Å². The number of rotatable bonds is 9. The number of hydrogen-bond donors (Lipinski definition) is 0. The Labute approximate surface area is 236 Å². The summed E-state index contributed by atoms with van der Waals surface area (Å²) < 4.78 is 16.4. The summed E-state index contributed by atoms with van der Waals surface area (Å²) in [5, 5.41) is 0. The van der Waals surface area contributed by atoms with Gasteiger partial charge < -0.3 is 19.1 Å². The monoisotopic (exact) mass is 542 g/mol. The van der Waals surface area contributed by atoms with E-state index in [-0.39, 0.29) is 29.0 Å². The molecule has 0 radical (unpaired) electrons. The Hall–Kier alpha value is -4.13. The van der Waals surface area contributed by atoms with Crippen LogP contribution < -0.4 is 14.2 Å². The first-order valence-corrected chi connectivity index (χ1v) is 13.4. The van der Waals surface area contributed by atoms with Crippen molar-refractivity contribution in [3.63, 3.8) is 0 Å². The van der Waals surface area contributed by atoms with Crippen molar-refractivity contribution in [1.29, 1.82) is 0 Å². The Kier molecular flexibility index (Phi) is 8.62. The lowest BCUT2D eigenvalue weighted by molar-refractivity contribution is -0.129. The number of carbonyl (C=O) groups is 2. The van der Waals surface area contributed by atoms with Gasteiger partial charge in [0.1, 0.15) is 11.5 Å². The van der Waals surface area contributed by atoms with Crippen LogP contribution >= 0.6 is 0 Å². The maximum absolute atomic E-state index is 13.1. The predicted octanol–water partition coefficient (Wildman–Crippen LogP) is 6.23. The van der Waals surface area contributed by atoms with E-state index in [1.54, 1.807) is 20.3 Å². The zero-order valence-electron chi connectivity index (χ0n) is 24.4. The van der Waals surface area contributed by atoms with E-state index in [1.165, 1.54) is 19.6 Å². The number of pyridine rings is 1. The lowest BCUT2D eigenvalue weighted by Crippen LogP contribution is -2.31. The van der Waals surface area contributed by atoms with E-state index in [0.717, 1.165) is 16.7 Å². The summed E-state index contributed by atoms with van der Waals surface area (Å²) in [6.07, 6.45) is 3.25. The van der Waals surface area contributed by atoms with Crippen LogP contribution in [-0.2, 0) is 16.8 Å². The van der Waals surface area contributed by atoms with Crippen molar-refractivity contribution in [3.8, 4) is 17.4 Å². The third-order valence-corrected chi connectivity index (χ3v) is 7.34. The summed E-state index contributed by atoms with van der Waals surface area (Å²) in [7, 11) is 4.74. The van der Waals surface area contributed by atoms with Gasteiger partial charge in [-0.05, 0) is 54.2 Å². The molecule has 1 amide bonds. The number of hydrogen-bond acceptors (Lipinski definition) is 6. The van der Waals surface area contributed by atoms with Crippen LogP contribution in [0, 0.1) is 0 Å². The second kappa shape index (κ2) is 11.9. The molecule has 0 unspecified atom stereocenters. The summed E-state index contributed by atoms with van der Waals surface area (Å²) in [6.45, 7) is 8.45. The van der Waals surface area contributed by atoms with Crippen molar-refractivity contribution in [1.82, 2.24) is 9.88 Å². The van der Waals surface area contributed by atoms with Crippen LogP contribution in [0.3, 0.4) is 0 Å². The Bertz CT molecular complexity index is 1420. The van der Waals surface area contributed by atoms with Crippen molar-refractivity contribution in [2.24, 2.45) is 0 Å². The maximum atomic E-state index is 13.1. The minimum absolute atomic E-state index is 0.0130. The van der Waals surface area contributed by atoms with E-state index >= 15 is 0 Å². The van der Waals surface area contributed by atoms with E-state index in [1.807, 2.05) is 29.2 Å². The topological polar surface area (TPSA) is 78.0 Å². The molecule has 1 saturated heterocycles. The van der Waals surface area contributed by atoms with E-state index in [0.29, 0.717) is 42.1 Å². The van der Waals surface area contributed by atoms with Gasteiger partial charge in [-0.25, -0.2) is 4.98 Å². The molecule has 4 rings (SSSR count). The molecular formula is C33H38N2O5. The minimum atomic E-state index is -0.156.